The molecule has 0 aliphatic carbocycles. The van der Waals surface area contributed by atoms with E-state index < -0.39 is 0 Å². The highest BCUT2D eigenvalue weighted by molar-refractivity contribution is 5.46. The van der Waals surface area contributed by atoms with Gasteiger partial charge in [-0.25, -0.2) is 0 Å². The first-order chi connectivity index (χ1) is 7.33. The van der Waals surface area contributed by atoms with Crippen molar-refractivity contribution in [2.75, 3.05) is 26.2 Å². The summed E-state index contributed by atoms with van der Waals surface area (Å²) in [5.74, 6) is 0. The molecule has 82 valence electrons. The average molecular weight is 204 g/mol. The van der Waals surface area contributed by atoms with E-state index in [1.165, 1.54) is 11.1 Å². The van der Waals surface area contributed by atoms with Gasteiger partial charge in [0.2, 0.25) is 0 Å². The van der Waals surface area contributed by atoms with E-state index in [2.05, 4.69) is 48.4 Å². The van der Waals surface area contributed by atoms with Crippen molar-refractivity contribution in [3.63, 3.8) is 0 Å². The second-order valence-corrected chi connectivity index (χ2v) is 3.61. The van der Waals surface area contributed by atoms with Crippen LogP contribution in [0.1, 0.15) is 11.1 Å². The Balaban J connectivity index is 0.000000162. The molecule has 1 aromatic rings. The van der Waals surface area contributed by atoms with Gasteiger partial charge in [-0.3, -0.25) is 0 Å². The first-order valence-electron chi connectivity index (χ1n) is 5.43. The Hall–Kier alpha value is -1.12. The fraction of sp³-hybridized carbons (Fsp3) is 0.385. The molecule has 0 atom stereocenters. The minimum absolute atomic E-state index is 1.14. The van der Waals surface area contributed by atoms with Crippen molar-refractivity contribution in [1.29, 1.82) is 0 Å². The summed E-state index contributed by atoms with van der Waals surface area (Å²) < 4.78 is 0. The van der Waals surface area contributed by atoms with Gasteiger partial charge in [-0.1, -0.05) is 42.5 Å². The molecule has 0 unspecified atom stereocenters. The van der Waals surface area contributed by atoms with Crippen LogP contribution in [0, 0.1) is 6.92 Å². The summed E-state index contributed by atoms with van der Waals surface area (Å²) >= 11 is 0. The zero-order valence-electron chi connectivity index (χ0n) is 9.42. The number of aryl methyl sites for hydroxylation is 1. The Kier molecular flexibility index (Phi) is 5.74. The van der Waals surface area contributed by atoms with Crippen LogP contribution in [-0.2, 0) is 0 Å². The van der Waals surface area contributed by atoms with Crippen LogP contribution in [-0.4, -0.2) is 26.2 Å². The standard InChI is InChI=1S/C9H10.C4H10N2/c1-3-9-6-4-8(2)5-7-9;1-2-6-4-3-5-1/h3-7H,1H2,2H3;5-6H,1-4H2. The van der Waals surface area contributed by atoms with Crippen LogP contribution in [0.2, 0.25) is 0 Å². The number of rotatable bonds is 1. The van der Waals surface area contributed by atoms with Gasteiger partial charge in [-0.2, -0.15) is 0 Å². The molecule has 2 N–H and O–H groups in total. The van der Waals surface area contributed by atoms with Crippen molar-refractivity contribution in [2.45, 2.75) is 6.92 Å². The molecule has 1 heterocycles. The van der Waals surface area contributed by atoms with Gasteiger partial charge < -0.3 is 10.6 Å². The maximum Gasteiger partial charge on any atom is 0.00772 e. The molecule has 2 nitrogen and oxygen atoms in total. The Morgan fingerprint density at radius 3 is 1.80 bits per heavy atom. The van der Waals surface area contributed by atoms with E-state index in [9.17, 15) is 0 Å². The summed E-state index contributed by atoms with van der Waals surface area (Å²) in [6, 6.07) is 8.28. The monoisotopic (exact) mass is 204 g/mol. The zero-order chi connectivity index (χ0) is 10.9. The second-order valence-electron chi connectivity index (χ2n) is 3.61. The van der Waals surface area contributed by atoms with Crippen molar-refractivity contribution in [2.24, 2.45) is 0 Å². The topological polar surface area (TPSA) is 24.1 Å². The molecule has 0 aromatic heterocycles. The third-order valence-electron chi connectivity index (χ3n) is 2.27. The summed E-state index contributed by atoms with van der Waals surface area (Å²) in [6.07, 6.45) is 1.85. The smallest absolute Gasteiger partial charge is 0.00772 e. The summed E-state index contributed by atoms with van der Waals surface area (Å²) in [5, 5.41) is 6.44. The van der Waals surface area contributed by atoms with Crippen LogP contribution in [0.4, 0.5) is 0 Å². The second kappa shape index (κ2) is 7.21. The minimum Gasteiger partial charge on any atom is -0.314 e. The van der Waals surface area contributed by atoms with Gasteiger partial charge >= 0.3 is 0 Å². The number of hydrogen-bond donors (Lipinski definition) is 2. The summed E-state index contributed by atoms with van der Waals surface area (Å²) in [5.41, 5.74) is 2.47. The summed E-state index contributed by atoms with van der Waals surface area (Å²) in [7, 11) is 0. The van der Waals surface area contributed by atoms with Crippen LogP contribution in [0.25, 0.3) is 6.08 Å². The van der Waals surface area contributed by atoms with Crippen LogP contribution >= 0.6 is 0 Å². The van der Waals surface area contributed by atoms with E-state index in [4.69, 9.17) is 0 Å². The molecule has 1 fully saturated rings. The Bertz CT molecular complexity index is 262. The molecule has 1 aromatic carbocycles. The van der Waals surface area contributed by atoms with Gasteiger partial charge in [0.25, 0.3) is 0 Å². The Morgan fingerprint density at radius 2 is 1.47 bits per heavy atom. The molecular formula is C13H20N2. The minimum atomic E-state index is 1.14. The van der Waals surface area contributed by atoms with E-state index in [-0.39, 0.29) is 0 Å². The van der Waals surface area contributed by atoms with E-state index in [0.29, 0.717) is 0 Å². The van der Waals surface area contributed by atoms with E-state index in [1.807, 2.05) is 6.08 Å². The van der Waals surface area contributed by atoms with Crippen molar-refractivity contribution in [1.82, 2.24) is 10.6 Å². The van der Waals surface area contributed by atoms with Gasteiger partial charge in [0.15, 0.2) is 0 Å². The SMILES string of the molecule is C1CNCCN1.C=Cc1ccc(C)cc1. The molecule has 0 bridgehead atoms. The predicted molar refractivity (Wildman–Crippen MR) is 67.0 cm³/mol. The maximum absolute atomic E-state index is 3.66. The van der Waals surface area contributed by atoms with Gasteiger partial charge in [0.05, 0.1) is 0 Å². The maximum atomic E-state index is 3.66. The van der Waals surface area contributed by atoms with Crippen molar-refractivity contribution < 1.29 is 0 Å². The molecule has 0 saturated carbocycles. The molecule has 2 heteroatoms. The van der Waals surface area contributed by atoms with E-state index >= 15 is 0 Å². The van der Waals surface area contributed by atoms with Crippen molar-refractivity contribution >= 4 is 6.08 Å². The Labute approximate surface area is 92.4 Å². The van der Waals surface area contributed by atoms with Gasteiger partial charge in [0.1, 0.15) is 0 Å². The van der Waals surface area contributed by atoms with Gasteiger partial charge in [-0.05, 0) is 12.5 Å². The van der Waals surface area contributed by atoms with E-state index in [0.717, 1.165) is 26.2 Å². The van der Waals surface area contributed by atoms with Crippen LogP contribution in [0.5, 0.6) is 0 Å². The molecular weight excluding hydrogens is 184 g/mol. The third-order valence-corrected chi connectivity index (χ3v) is 2.27. The lowest BCUT2D eigenvalue weighted by atomic mass is 10.2. The molecule has 2 rings (SSSR count). The highest BCUT2D eigenvalue weighted by Gasteiger charge is 1.91. The zero-order valence-corrected chi connectivity index (χ0v) is 9.42. The summed E-state index contributed by atoms with van der Waals surface area (Å²) in [4.78, 5) is 0. The van der Waals surface area contributed by atoms with Crippen LogP contribution in [0.15, 0.2) is 30.8 Å². The van der Waals surface area contributed by atoms with E-state index in [1.54, 1.807) is 0 Å². The lowest BCUT2D eigenvalue weighted by Gasteiger charge is -2.11. The number of benzene rings is 1. The number of hydrogen-bond acceptors (Lipinski definition) is 2. The molecule has 1 aliphatic heterocycles. The molecule has 0 spiro atoms. The largest absolute Gasteiger partial charge is 0.314 e. The molecule has 1 saturated heterocycles. The predicted octanol–water partition coefficient (Wildman–Crippen LogP) is 1.82. The lowest BCUT2D eigenvalue weighted by molar-refractivity contribution is 0.534. The fourth-order valence-corrected chi connectivity index (χ4v) is 1.31. The number of nitrogens with one attached hydrogen (secondary N) is 2. The average Bonchev–Trinajstić information content (AvgIpc) is 2.33. The first-order valence-corrected chi connectivity index (χ1v) is 5.43. The molecule has 0 amide bonds. The fourth-order valence-electron chi connectivity index (χ4n) is 1.31. The van der Waals surface area contributed by atoms with Crippen LogP contribution in [0.3, 0.4) is 0 Å². The molecule has 1 aliphatic rings. The quantitative estimate of drug-likeness (QED) is 0.729. The highest BCUT2D eigenvalue weighted by Crippen LogP contribution is 2.02. The first kappa shape index (κ1) is 12.0. The Morgan fingerprint density at radius 1 is 1.00 bits per heavy atom. The third kappa shape index (κ3) is 5.35. The molecule has 0 radical (unpaired) electrons. The van der Waals surface area contributed by atoms with Crippen molar-refractivity contribution in [3.05, 3.63) is 42.0 Å². The van der Waals surface area contributed by atoms with Gasteiger partial charge in [-0.15, -0.1) is 0 Å². The highest BCUT2D eigenvalue weighted by atomic mass is 15.0. The number of piperazine rings is 1. The normalized spacial score (nSPS) is 15.0. The van der Waals surface area contributed by atoms with Crippen LogP contribution < -0.4 is 10.6 Å². The van der Waals surface area contributed by atoms with Gasteiger partial charge in [0, 0.05) is 26.2 Å². The molecule has 15 heavy (non-hydrogen) atoms. The lowest BCUT2D eigenvalue weighted by Crippen LogP contribution is -2.39. The van der Waals surface area contributed by atoms with Crippen molar-refractivity contribution in [3.8, 4) is 0 Å². The summed E-state index contributed by atoms with van der Waals surface area (Å²) in [6.45, 7) is 10.3.